The molecule has 1 atom stereocenters. The molecule has 1 aromatic heterocycles. The molecule has 5 rings (SSSR count). The summed E-state index contributed by atoms with van der Waals surface area (Å²) in [4.78, 5) is 17.3. The van der Waals surface area contributed by atoms with E-state index in [-0.39, 0.29) is 23.3 Å². The van der Waals surface area contributed by atoms with Gasteiger partial charge in [0.2, 0.25) is 0 Å². The minimum absolute atomic E-state index is 0.0383. The van der Waals surface area contributed by atoms with Crippen LogP contribution in [0.3, 0.4) is 0 Å². The van der Waals surface area contributed by atoms with Crippen LogP contribution in [0.15, 0.2) is 103 Å². The van der Waals surface area contributed by atoms with Crippen LogP contribution in [0.4, 0.5) is 13.2 Å². The lowest BCUT2D eigenvalue weighted by Gasteiger charge is -2.20. The predicted molar refractivity (Wildman–Crippen MR) is 168 cm³/mol. The van der Waals surface area contributed by atoms with Crippen molar-refractivity contribution in [2.45, 2.75) is 51.1 Å². The number of hydrogen-bond acceptors (Lipinski definition) is 6. The van der Waals surface area contributed by atoms with Gasteiger partial charge in [0.1, 0.15) is 28.7 Å². The summed E-state index contributed by atoms with van der Waals surface area (Å²) in [7, 11) is 0. The lowest BCUT2D eigenvalue weighted by atomic mass is 9.87. The molecule has 238 valence electrons. The standard InChI is InChI=1S/C36H33F3N2O5/c1-35(2,3)25-7-14-29(15-8-25)46-30-13-6-23-20-31(40-21-24(23)19-30)33(42)41-32(34(43)44)18-22-4-11-27(12-5-22)45-28-16-9-26(10-17-28)36(37,38)39/h4-17,19-21,32,34,43-44H,18H2,1-3H3,(H,41,42)/t32-/m0/s1. The molecule has 46 heavy (non-hydrogen) atoms. The van der Waals surface area contributed by atoms with E-state index >= 15 is 0 Å². The molecule has 3 N–H and O–H groups in total. The van der Waals surface area contributed by atoms with Crippen molar-refractivity contribution in [3.63, 3.8) is 0 Å². The molecule has 0 bridgehead atoms. The third-order valence-corrected chi connectivity index (χ3v) is 7.35. The van der Waals surface area contributed by atoms with Gasteiger partial charge in [-0.2, -0.15) is 13.2 Å². The van der Waals surface area contributed by atoms with Crippen molar-refractivity contribution in [2.75, 3.05) is 0 Å². The normalized spacial score (nSPS) is 12.6. The van der Waals surface area contributed by atoms with Crippen LogP contribution in [0.2, 0.25) is 0 Å². The van der Waals surface area contributed by atoms with Crippen LogP contribution in [-0.4, -0.2) is 33.4 Å². The first-order valence-electron chi connectivity index (χ1n) is 14.5. The second kappa shape index (κ2) is 13.2. The average Bonchev–Trinajstić information content (AvgIpc) is 3.01. The van der Waals surface area contributed by atoms with Gasteiger partial charge >= 0.3 is 6.18 Å². The zero-order chi connectivity index (χ0) is 33.1. The minimum Gasteiger partial charge on any atom is -0.457 e. The number of rotatable bonds is 9. The van der Waals surface area contributed by atoms with E-state index in [2.05, 4.69) is 31.1 Å². The molecule has 0 aliphatic heterocycles. The molecule has 0 saturated heterocycles. The number of ether oxygens (including phenoxy) is 2. The number of carbonyl (C=O) groups is 1. The number of benzene rings is 4. The number of fused-ring (bicyclic) bond motifs is 1. The topological polar surface area (TPSA) is 101 Å². The molecule has 0 radical (unpaired) electrons. The van der Waals surface area contributed by atoms with Gasteiger partial charge in [-0.25, -0.2) is 0 Å². The fourth-order valence-corrected chi connectivity index (χ4v) is 4.74. The molecule has 10 heteroatoms. The molecule has 4 aromatic carbocycles. The molecular formula is C36H33F3N2O5. The average molecular weight is 631 g/mol. The van der Waals surface area contributed by atoms with Gasteiger partial charge in [0.25, 0.3) is 5.91 Å². The van der Waals surface area contributed by atoms with Crippen molar-refractivity contribution in [3.05, 3.63) is 126 Å². The maximum absolute atomic E-state index is 13.0. The highest BCUT2D eigenvalue weighted by Gasteiger charge is 2.30. The highest BCUT2D eigenvalue weighted by Crippen LogP contribution is 2.32. The van der Waals surface area contributed by atoms with Gasteiger partial charge in [-0.3, -0.25) is 9.78 Å². The second-order valence-electron chi connectivity index (χ2n) is 11.9. The van der Waals surface area contributed by atoms with Crippen LogP contribution in [0.1, 0.15) is 48.0 Å². The van der Waals surface area contributed by atoms with Crippen molar-refractivity contribution in [2.24, 2.45) is 0 Å². The number of hydrogen-bond donors (Lipinski definition) is 3. The van der Waals surface area contributed by atoms with Crippen molar-refractivity contribution >= 4 is 16.7 Å². The van der Waals surface area contributed by atoms with E-state index in [1.165, 1.54) is 17.7 Å². The summed E-state index contributed by atoms with van der Waals surface area (Å²) in [6.45, 7) is 6.44. The Morgan fingerprint density at radius 2 is 1.26 bits per heavy atom. The number of nitrogens with one attached hydrogen (secondary N) is 1. The monoisotopic (exact) mass is 630 g/mol. The first kappa shape index (κ1) is 32.5. The molecule has 0 saturated carbocycles. The Kier molecular flexibility index (Phi) is 9.32. The highest BCUT2D eigenvalue weighted by molar-refractivity contribution is 5.96. The van der Waals surface area contributed by atoms with Crippen molar-refractivity contribution in [1.82, 2.24) is 10.3 Å². The largest absolute Gasteiger partial charge is 0.457 e. The lowest BCUT2D eigenvalue weighted by molar-refractivity contribution is -0.137. The SMILES string of the molecule is CC(C)(C)c1ccc(Oc2ccc3cc(C(=O)N[C@@H](Cc4ccc(Oc5ccc(C(F)(F)F)cc5)cc4)C(O)O)ncc3c2)cc1. The van der Waals surface area contributed by atoms with Crippen molar-refractivity contribution in [3.8, 4) is 23.0 Å². The van der Waals surface area contributed by atoms with E-state index in [9.17, 15) is 28.2 Å². The number of halogens is 3. The molecule has 0 unspecified atom stereocenters. The Labute approximate surface area is 264 Å². The predicted octanol–water partition coefficient (Wildman–Crippen LogP) is 7.79. The molecule has 1 heterocycles. The second-order valence-corrected chi connectivity index (χ2v) is 11.9. The van der Waals surface area contributed by atoms with E-state index < -0.39 is 30.0 Å². The van der Waals surface area contributed by atoms with Crippen LogP contribution in [-0.2, 0) is 18.0 Å². The number of carbonyl (C=O) groups excluding carboxylic acids is 1. The van der Waals surface area contributed by atoms with E-state index in [0.29, 0.717) is 22.8 Å². The molecule has 0 fully saturated rings. The fraction of sp³-hybridized carbons (Fsp3) is 0.222. The lowest BCUT2D eigenvalue weighted by Crippen LogP contribution is -2.45. The van der Waals surface area contributed by atoms with Crippen LogP contribution >= 0.6 is 0 Å². The van der Waals surface area contributed by atoms with Gasteiger partial charge in [0.05, 0.1) is 11.6 Å². The number of aliphatic hydroxyl groups excluding tert-OH is 1. The van der Waals surface area contributed by atoms with E-state index in [0.717, 1.165) is 22.9 Å². The third-order valence-electron chi connectivity index (χ3n) is 7.35. The Bertz CT molecular complexity index is 1800. The minimum atomic E-state index is -4.44. The quantitative estimate of drug-likeness (QED) is 0.144. The Balaban J connectivity index is 1.20. The number of nitrogens with zero attached hydrogens (tertiary/aromatic N) is 1. The van der Waals surface area contributed by atoms with Gasteiger partial charge in [0, 0.05) is 11.6 Å². The van der Waals surface area contributed by atoms with Crippen LogP contribution in [0, 0.1) is 0 Å². The van der Waals surface area contributed by atoms with Gasteiger partial charge in [0.15, 0.2) is 6.29 Å². The Morgan fingerprint density at radius 3 is 1.80 bits per heavy atom. The fourth-order valence-electron chi connectivity index (χ4n) is 4.74. The molecule has 0 spiro atoms. The Hall–Kier alpha value is -4.93. The smallest absolute Gasteiger partial charge is 0.416 e. The number of aliphatic hydroxyl groups is 2. The van der Waals surface area contributed by atoms with E-state index in [1.807, 2.05) is 36.4 Å². The number of alkyl halides is 3. The maximum atomic E-state index is 13.0. The zero-order valence-corrected chi connectivity index (χ0v) is 25.4. The van der Waals surface area contributed by atoms with Gasteiger partial charge in [-0.15, -0.1) is 0 Å². The molecule has 1 amide bonds. The van der Waals surface area contributed by atoms with Gasteiger partial charge in [-0.1, -0.05) is 51.1 Å². The highest BCUT2D eigenvalue weighted by atomic mass is 19.4. The number of pyridine rings is 1. The molecule has 0 aliphatic carbocycles. The zero-order valence-electron chi connectivity index (χ0n) is 25.4. The van der Waals surface area contributed by atoms with Crippen LogP contribution < -0.4 is 14.8 Å². The first-order valence-corrected chi connectivity index (χ1v) is 14.5. The van der Waals surface area contributed by atoms with Crippen molar-refractivity contribution in [1.29, 1.82) is 0 Å². The van der Waals surface area contributed by atoms with Crippen molar-refractivity contribution < 1.29 is 37.7 Å². The van der Waals surface area contributed by atoms with Crippen LogP contribution in [0.25, 0.3) is 10.8 Å². The summed E-state index contributed by atoms with van der Waals surface area (Å²) in [5, 5.41) is 24.1. The number of amides is 1. The van der Waals surface area contributed by atoms with Gasteiger partial charge < -0.3 is 25.0 Å². The molecular weight excluding hydrogens is 597 g/mol. The Morgan fingerprint density at radius 1 is 0.739 bits per heavy atom. The molecule has 0 aliphatic rings. The first-order chi connectivity index (χ1) is 21.7. The van der Waals surface area contributed by atoms with Gasteiger partial charge in [-0.05, 0) is 95.1 Å². The molecule has 5 aromatic rings. The number of aromatic nitrogens is 1. The summed E-state index contributed by atoms with van der Waals surface area (Å²) in [5.74, 6) is 1.34. The van der Waals surface area contributed by atoms with E-state index in [1.54, 1.807) is 42.6 Å². The summed E-state index contributed by atoms with van der Waals surface area (Å²) in [6.07, 6.45) is -4.66. The summed E-state index contributed by atoms with van der Waals surface area (Å²) in [5.41, 5.74) is 1.22. The summed E-state index contributed by atoms with van der Waals surface area (Å²) < 4.78 is 50.0. The van der Waals surface area contributed by atoms with E-state index in [4.69, 9.17) is 9.47 Å². The third kappa shape index (κ3) is 8.21. The summed E-state index contributed by atoms with van der Waals surface area (Å²) >= 11 is 0. The summed E-state index contributed by atoms with van der Waals surface area (Å²) in [6, 6.07) is 24.8. The molecule has 7 nitrogen and oxygen atoms in total. The maximum Gasteiger partial charge on any atom is 0.416 e. The van der Waals surface area contributed by atoms with Crippen LogP contribution in [0.5, 0.6) is 23.0 Å².